The number of nitriles is 1. The number of nitrogens with zero attached hydrogens (tertiary/aromatic N) is 3. The number of carbonyl (C=O) groups is 1. The number of Topliss-reactive ketones (excluding diaryl/α,β-unsaturated/α-hetero) is 1. The first-order valence-corrected chi connectivity index (χ1v) is 6.70. The van der Waals surface area contributed by atoms with Gasteiger partial charge in [-0.05, 0) is 12.1 Å². The van der Waals surface area contributed by atoms with Crippen molar-refractivity contribution in [2.75, 3.05) is 0 Å². The average molecular weight is 384 g/mol. The quantitative estimate of drug-likeness (QED) is 0.578. The largest absolute Gasteiger partial charge is 0.416 e. The van der Waals surface area contributed by atoms with Crippen LogP contribution in [0.3, 0.4) is 0 Å². The predicted molar refractivity (Wildman–Crippen MR) is 73.6 cm³/mol. The van der Waals surface area contributed by atoms with Gasteiger partial charge in [-0.1, -0.05) is 23.2 Å². The monoisotopic (exact) mass is 383 g/mol. The summed E-state index contributed by atoms with van der Waals surface area (Å²) >= 11 is 11.5. The van der Waals surface area contributed by atoms with Crippen molar-refractivity contribution in [1.82, 2.24) is 9.78 Å². The molecule has 0 spiro atoms. The molecule has 126 valence electrons. The van der Waals surface area contributed by atoms with Crippen LogP contribution in [0.25, 0.3) is 5.69 Å². The molecule has 0 saturated heterocycles. The minimum Gasteiger partial charge on any atom is -0.288 e. The molecule has 2 aromatic rings. The van der Waals surface area contributed by atoms with Crippen LogP contribution in [-0.4, -0.2) is 22.0 Å². The van der Waals surface area contributed by atoms with Gasteiger partial charge in [0.25, 0.3) is 0 Å². The van der Waals surface area contributed by atoms with E-state index in [0.29, 0.717) is 16.8 Å². The third kappa shape index (κ3) is 3.34. The van der Waals surface area contributed by atoms with E-state index in [-0.39, 0.29) is 5.69 Å². The number of hydrogen-bond acceptors (Lipinski definition) is 3. The van der Waals surface area contributed by atoms with E-state index in [0.717, 1.165) is 6.20 Å². The summed E-state index contributed by atoms with van der Waals surface area (Å²) in [6.45, 7) is 0. The van der Waals surface area contributed by atoms with Gasteiger partial charge >= 0.3 is 12.6 Å². The lowest BCUT2D eigenvalue weighted by atomic mass is 10.2. The second-order valence-corrected chi connectivity index (χ2v) is 5.21. The molecule has 0 fully saturated rings. The zero-order valence-corrected chi connectivity index (χ0v) is 12.7. The van der Waals surface area contributed by atoms with Crippen molar-refractivity contribution in [1.29, 1.82) is 5.26 Å². The SMILES string of the molecule is N#Cc1nn(-c2c(Cl)cc(C(F)(F)F)cc2Cl)cc1C(=O)C(F)F. The molecule has 0 N–H and O–H groups in total. The van der Waals surface area contributed by atoms with Gasteiger partial charge in [0.05, 0.1) is 21.2 Å². The van der Waals surface area contributed by atoms with E-state index in [1.54, 1.807) is 0 Å². The van der Waals surface area contributed by atoms with Crippen molar-refractivity contribution >= 4 is 29.0 Å². The molecule has 0 aliphatic rings. The van der Waals surface area contributed by atoms with Gasteiger partial charge in [0.15, 0.2) is 5.69 Å². The molecule has 0 unspecified atom stereocenters. The van der Waals surface area contributed by atoms with Crippen molar-refractivity contribution < 1.29 is 26.7 Å². The molecule has 1 heterocycles. The predicted octanol–water partition coefficient (Wildman–Crippen LogP) is 4.52. The van der Waals surface area contributed by atoms with E-state index in [4.69, 9.17) is 28.5 Å². The second-order valence-electron chi connectivity index (χ2n) is 4.40. The van der Waals surface area contributed by atoms with Crippen LogP contribution in [0.2, 0.25) is 10.0 Å². The molecule has 1 aromatic carbocycles. The maximum atomic E-state index is 12.7. The smallest absolute Gasteiger partial charge is 0.288 e. The van der Waals surface area contributed by atoms with Crippen molar-refractivity contribution in [2.24, 2.45) is 0 Å². The minimum atomic E-state index is -4.70. The highest BCUT2D eigenvalue weighted by Gasteiger charge is 2.33. The Hall–Kier alpha value is -2.18. The van der Waals surface area contributed by atoms with Crippen molar-refractivity contribution in [3.8, 4) is 11.8 Å². The zero-order valence-electron chi connectivity index (χ0n) is 11.2. The Morgan fingerprint density at radius 1 is 1.25 bits per heavy atom. The summed E-state index contributed by atoms with van der Waals surface area (Å²) in [7, 11) is 0. The first-order valence-electron chi connectivity index (χ1n) is 5.95. The molecule has 2 rings (SSSR count). The molecular formula is C13H4Cl2F5N3O. The topological polar surface area (TPSA) is 58.7 Å². The lowest BCUT2D eigenvalue weighted by Gasteiger charge is -2.12. The summed E-state index contributed by atoms with van der Waals surface area (Å²) in [6.07, 6.45) is -7.33. The van der Waals surface area contributed by atoms with Crippen LogP contribution in [0.15, 0.2) is 18.3 Å². The molecule has 1 aromatic heterocycles. The number of halogens is 7. The Kier molecular flexibility index (Phi) is 4.82. The number of hydrogen-bond donors (Lipinski definition) is 0. The third-order valence-corrected chi connectivity index (χ3v) is 3.43. The number of ketones is 1. The highest BCUT2D eigenvalue weighted by molar-refractivity contribution is 6.37. The number of benzene rings is 1. The van der Waals surface area contributed by atoms with Crippen molar-refractivity contribution in [3.05, 3.63) is 45.2 Å². The number of rotatable bonds is 3. The lowest BCUT2D eigenvalue weighted by Crippen LogP contribution is -2.10. The Morgan fingerprint density at radius 2 is 1.79 bits per heavy atom. The lowest BCUT2D eigenvalue weighted by molar-refractivity contribution is -0.137. The Morgan fingerprint density at radius 3 is 2.21 bits per heavy atom. The summed E-state index contributed by atoms with van der Waals surface area (Å²) in [5.41, 5.74) is -2.74. The number of carbonyl (C=O) groups excluding carboxylic acids is 1. The standard InChI is InChI=1S/C13H4Cl2F5N3O/c14-7-1-5(13(18,19)20)2-8(15)10(7)23-4-6(9(3-21)22-23)11(24)12(16)17/h1-2,4,12H. The Labute approximate surface area is 141 Å². The first-order chi connectivity index (χ1) is 11.1. The molecular weight excluding hydrogens is 380 g/mol. The maximum absolute atomic E-state index is 12.7. The van der Waals surface area contributed by atoms with E-state index in [1.165, 1.54) is 6.07 Å². The third-order valence-electron chi connectivity index (χ3n) is 2.86. The van der Waals surface area contributed by atoms with E-state index >= 15 is 0 Å². The summed E-state index contributed by atoms with van der Waals surface area (Å²) in [6, 6.07) is 2.57. The van der Waals surface area contributed by atoms with Crippen molar-refractivity contribution in [2.45, 2.75) is 12.6 Å². The summed E-state index contributed by atoms with van der Waals surface area (Å²) < 4.78 is 63.8. The van der Waals surface area contributed by atoms with Crippen LogP contribution in [0.5, 0.6) is 0 Å². The summed E-state index contributed by atoms with van der Waals surface area (Å²) in [5, 5.41) is 11.5. The Balaban J connectivity index is 2.62. The van der Waals surface area contributed by atoms with Crippen LogP contribution < -0.4 is 0 Å². The molecule has 0 amide bonds. The minimum absolute atomic E-state index is 0.281. The fourth-order valence-electron chi connectivity index (χ4n) is 1.82. The van der Waals surface area contributed by atoms with E-state index < -0.39 is 45.3 Å². The van der Waals surface area contributed by atoms with Gasteiger partial charge in [0, 0.05) is 6.20 Å². The normalized spacial score (nSPS) is 11.6. The molecule has 11 heteroatoms. The van der Waals surface area contributed by atoms with Crippen molar-refractivity contribution in [3.63, 3.8) is 0 Å². The van der Waals surface area contributed by atoms with Crippen LogP contribution in [0, 0.1) is 11.3 Å². The molecule has 0 aliphatic heterocycles. The van der Waals surface area contributed by atoms with Gasteiger partial charge in [0.1, 0.15) is 11.8 Å². The van der Waals surface area contributed by atoms with Crippen LogP contribution in [0.4, 0.5) is 22.0 Å². The Bertz CT molecular complexity index is 831. The second kappa shape index (κ2) is 6.37. The van der Waals surface area contributed by atoms with Gasteiger partial charge in [-0.25, -0.2) is 13.5 Å². The van der Waals surface area contributed by atoms with Crippen LogP contribution in [-0.2, 0) is 6.18 Å². The van der Waals surface area contributed by atoms with Gasteiger partial charge in [-0.2, -0.15) is 23.5 Å². The van der Waals surface area contributed by atoms with Gasteiger partial charge in [-0.3, -0.25) is 4.79 Å². The fraction of sp³-hybridized carbons (Fsp3) is 0.154. The molecule has 24 heavy (non-hydrogen) atoms. The van der Waals surface area contributed by atoms with E-state index in [2.05, 4.69) is 5.10 Å². The summed E-state index contributed by atoms with van der Waals surface area (Å²) in [4.78, 5) is 11.4. The molecule has 0 radical (unpaired) electrons. The number of alkyl halides is 5. The highest BCUT2D eigenvalue weighted by Crippen LogP contribution is 2.37. The van der Waals surface area contributed by atoms with Crippen LogP contribution in [0.1, 0.15) is 21.6 Å². The molecule has 0 saturated carbocycles. The summed E-state index contributed by atoms with van der Waals surface area (Å²) in [5.74, 6) is -1.66. The first kappa shape index (κ1) is 18.2. The van der Waals surface area contributed by atoms with Gasteiger partial charge < -0.3 is 0 Å². The average Bonchev–Trinajstić information content (AvgIpc) is 2.88. The van der Waals surface area contributed by atoms with E-state index in [1.807, 2.05) is 0 Å². The molecule has 0 aliphatic carbocycles. The number of aromatic nitrogens is 2. The van der Waals surface area contributed by atoms with Crippen LogP contribution >= 0.6 is 23.2 Å². The zero-order chi connectivity index (χ0) is 18.2. The molecule has 4 nitrogen and oxygen atoms in total. The maximum Gasteiger partial charge on any atom is 0.416 e. The molecule has 0 atom stereocenters. The fourth-order valence-corrected chi connectivity index (χ4v) is 2.48. The van der Waals surface area contributed by atoms with Gasteiger partial charge in [0.2, 0.25) is 5.78 Å². The molecule has 0 bridgehead atoms. The highest BCUT2D eigenvalue weighted by atomic mass is 35.5. The van der Waals surface area contributed by atoms with Gasteiger partial charge in [-0.15, -0.1) is 0 Å². The van der Waals surface area contributed by atoms with E-state index in [9.17, 15) is 26.7 Å².